The maximum Gasteiger partial charge on any atom is 0.514 e. The van der Waals surface area contributed by atoms with Crippen LogP contribution in [0.5, 0.6) is 17.5 Å². The van der Waals surface area contributed by atoms with Gasteiger partial charge in [0.05, 0.1) is 29.4 Å². The molecule has 4 heterocycles. The van der Waals surface area contributed by atoms with Gasteiger partial charge in [-0.2, -0.15) is 9.97 Å². The second kappa shape index (κ2) is 15.2. The van der Waals surface area contributed by atoms with Gasteiger partial charge in [-0.15, -0.1) is 6.42 Å². The number of likely N-dealkylation sites (N-methyl/N-ethyl adjacent to an activating group) is 1. The maximum absolute atomic E-state index is 15.1. The lowest BCUT2D eigenvalue weighted by Gasteiger charge is -2.34. The number of terminal acetylenes is 1. The van der Waals surface area contributed by atoms with Crippen LogP contribution in [0, 0.1) is 18.2 Å². The fourth-order valence-corrected chi connectivity index (χ4v) is 6.93. The molecule has 2 saturated heterocycles. The second-order valence-electron chi connectivity index (χ2n) is 14.0. The van der Waals surface area contributed by atoms with E-state index in [4.69, 9.17) is 30.4 Å². The molecule has 53 heavy (non-hydrogen) atoms. The van der Waals surface area contributed by atoms with Gasteiger partial charge in [-0.3, -0.25) is 14.6 Å². The van der Waals surface area contributed by atoms with Crippen molar-refractivity contribution < 1.29 is 42.1 Å². The van der Waals surface area contributed by atoms with E-state index in [2.05, 4.69) is 22.8 Å². The summed E-state index contributed by atoms with van der Waals surface area (Å²) < 4.78 is 52.3. The second-order valence-corrected chi connectivity index (χ2v) is 14.0. The minimum atomic E-state index is -1.01. The van der Waals surface area contributed by atoms with E-state index < -0.39 is 35.9 Å². The summed E-state index contributed by atoms with van der Waals surface area (Å²) in [5, 5.41) is 3.54. The largest absolute Gasteiger partial charge is 0.514 e. The molecule has 0 bridgehead atoms. The Bertz CT molecular complexity index is 1990. The Hall–Kier alpha value is -5.49. The summed E-state index contributed by atoms with van der Waals surface area (Å²) in [6, 6.07) is 5.22. The molecule has 3 aliphatic rings. The topological polar surface area (TPSA) is 136 Å². The molecule has 13 nitrogen and oxygen atoms in total. The molecule has 0 aliphatic carbocycles. The maximum atomic E-state index is 15.1. The molecular weight excluding hydrogens is 690 g/mol. The first-order valence-electron chi connectivity index (χ1n) is 17.5. The average Bonchev–Trinajstić information content (AvgIpc) is 3.22. The normalized spacial score (nSPS) is 21.7. The van der Waals surface area contributed by atoms with Crippen LogP contribution in [-0.4, -0.2) is 90.2 Å². The minimum Gasteiger partial charge on any atom is -0.461 e. The number of nitrogens with one attached hydrogen (secondary N) is 1. The van der Waals surface area contributed by atoms with E-state index in [1.807, 2.05) is 23.8 Å². The van der Waals surface area contributed by atoms with Crippen molar-refractivity contribution in [2.24, 2.45) is 0 Å². The van der Waals surface area contributed by atoms with Crippen LogP contribution in [-0.2, 0) is 16.1 Å². The fourth-order valence-electron chi connectivity index (χ4n) is 6.93. The van der Waals surface area contributed by atoms with Crippen molar-refractivity contribution in [3.63, 3.8) is 0 Å². The van der Waals surface area contributed by atoms with E-state index in [0.29, 0.717) is 24.9 Å². The SMILES string of the molecule is C#Cc1c(F)ccc2cc(OC(=O)OC(C)C)cc(N3Cc4nc(OC[C@]5(C)C[C@@H](F)CN5C)nc(N5CCCCC(NC(=O)C=C)C5)c4OC3=O)c12. The molecule has 0 saturated carbocycles. The minimum absolute atomic E-state index is 0.0102. The lowest BCUT2D eigenvalue weighted by atomic mass is 10.0. The van der Waals surface area contributed by atoms with Crippen LogP contribution in [0.2, 0.25) is 0 Å². The predicted octanol–water partition coefficient (Wildman–Crippen LogP) is 5.67. The van der Waals surface area contributed by atoms with E-state index in [1.54, 1.807) is 13.8 Å². The number of hydrogen-bond acceptors (Lipinski definition) is 11. The molecule has 1 aromatic heterocycles. The number of nitrogens with zero attached hydrogens (tertiary/aromatic N) is 5. The molecule has 0 radical (unpaired) electrons. The van der Waals surface area contributed by atoms with E-state index in [1.165, 1.54) is 35.2 Å². The number of benzene rings is 2. The van der Waals surface area contributed by atoms with Crippen molar-refractivity contribution >= 4 is 40.4 Å². The van der Waals surface area contributed by atoms with Crippen LogP contribution in [0.3, 0.4) is 0 Å². The lowest BCUT2D eigenvalue weighted by molar-refractivity contribution is -0.117. The van der Waals surface area contributed by atoms with Gasteiger partial charge in [-0.25, -0.2) is 18.4 Å². The molecule has 1 N–H and O–H groups in total. The molecule has 280 valence electrons. The lowest BCUT2D eigenvalue weighted by Crippen LogP contribution is -2.44. The highest BCUT2D eigenvalue weighted by molar-refractivity contribution is 6.06. The number of hydrogen-bond donors (Lipinski definition) is 1. The summed E-state index contributed by atoms with van der Waals surface area (Å²) in [5.74, 6) is 1.74. The first kappa shape index (κ1) is 37.3. The fraction of sp³-hybridized carbons (Fsp3) is 0.447. The van der Waals surface area contributed by atoms with Crippen LogP contribution < -0.4 is 29.3 Å². The molecule has 3 aromatic rings. The van der Waals surface area contributed by atoms with Crippen LogP contribution in [0.15, 0.2) is 36.9 Å². The van der Waals surface area contributed by atoms with Crippen LogP contribution in [0.1, 0.15) is 57.7 Å². The zero-order valence-electron chi connectivity index (χ0n) is 30.1. The number of likely N-dealkylation sites (tertiary alicyclic amines) is 1. The predicted molar refractivity (Wildman–Crippen MR) is 193 cm³/mol. The number of carbonyl (C=O) groups excluding carboxylic acids is 3. The first-order valence-corrected chi connectivity index (χ1v) is 17.5. The number of ether oxygens (including phenoxy) is 4. The van der Waals surface area contributed by atoms with Crippen LogP contribution in [0.4, 0.5) is 29.9 Å². The number of fused-ring (bicyclic) bond motifs is 2. The zero-order chi connectivity index (χ0) is 38.0. The number of amides is 2. The van der Waals surface area contributed by atoms with Crippen LogP contribution >= 0.6 is 0 Å². The first-order chi connectivity index (χ1) is 25.3. The van der Waals surface area contributed by atoms with Gasteiger partial charge in [0, 0.05) is 43.5 Å². The van der Waals surface area contributed by atoms with Crippen molar-refractivity contribution in [2.75, 3.05) is 43.1 Å². The molecule has 6 rings (SSSR count). The summed E-state index contributed by atoms with van der Waals surface area (Å²) in [6.45, 7) is 9.78. The highest BCUT2D eigenvalue weighted by atomic mass is 19.1. The standard InChI is InChI=1S/C38H42F2N6O7/c1-7-27-28(40)13-12-23-15-26(52-37(49)51-22(3)4)16-30(32(23)27)46-20-29-33(53-36(46)48)34(45-14-10-9-11-25(19-45)41-31(47)8-2)43-35(42-29)50-21-38(5)17-24(39)18-44(38)6/h1,8,12-13,15-16,22,24-25H,2,9-11,14,17-21H2,3-6H3,(H,41,47)/t24-,25?,38+/m1/s1. The molecular formula is C38H42F2N6O7. The molecule has 2 amide bonds. The smallest absolute Gasteiger partial charge is 0.461 e. The van der Waals surface area contributed by atoms with Gasteiger partial charge in [0.15, 0.2) is 11.6 Å². The quantitative estimate of drug-likeness (QED) is 0.126. The Labute approximate surface area is 306 Å². The number of anilines is 2. The van der Waals surface area contributed by atoms with Gasteiger partial charge in [-0.1, -0.05) is 18.6 Å². The van der Waals surface area contributed by atoms with E-state index in [0.717, 1.165) is 12.8 Å². The van der Waals surface area contributed by atoms with Crippen molar-refractivity contribution in [1.29, 1.82) is 0 Å². The van der Waals surface area contributed by atoms with Gasteiger partial charge in [0.2, 0.25) is 5.91 Å². The van der Waals surface area contributed by atoms with E-state index in [-0.39, 0.29) is 83.7 Å². The Morgan fingerprint density at radius 1 is 1.25 bits per heavy atom. The van der Waals surface area contributed by atoms with Gasteiger partial charge < -0.3 is 29.2 Å². The number of halogens is 2. The third kappa shape index (κ3) is 7.97. The third-order valence-corrected chi connectivity index (χ3v) is 9.67. The summed E-state index contributed by atoms with van der Waals surface area (Å²) in [6.07, 6.45) is 6.22. The number of alkyl halides is 1. The molecule has 0 spiro atoms. The summed E-state index contributed by atoms with van der Waals surface area (Å²) in [5.41, 5.74) is -0.397. The molecule has 3 aliphatic heterocycles. The molecule has 15 heteroatoms. The van der Waals surface area contributed by atoms with Crippen molar-refractivity contribution in [3.8, 4) is 29.9 Å². The molecule has 3 atom stereocenters. The van der Waals surface area contributed by atoms with E-state index >= 15 is 4.39 Å². The Morgan fingerprint density at radius 3 is 2.74 bits per heavy atom. The monoisotopic (exact) mass is 732 g/mol. The summed E-state index contributed by atoms with van der Waals surface area (Å²) >= 11 is 0. The van der Waals surface area contributed by atoms with Gasteiger partial charge in [-0.05, 0) is 70.7 Å². The summed E-state index contributed by atoms with van der Waals surface area (Å²) in [7, 11) is 1.83. The Kier molecular flexibility index (Phi) is 10.7. The average molecular weight is 733 g/mol. The highest BCUT2D eigenvalue weighted by Crippen LogP contribution is 2.42. The van der Waals surface area contributed by atoms with Crippen molar-refractivity contribution in [2.45, 2.75) is 76.9 Å². The van der Waals surface area contributed by atoms with Crippen molar-refractivity contribution in [1.82, 2.24) is 20.2 Å². The number of aromatic nitrogens is 2. The summed E-state index contributed by atoms with van der Waals surface area (Å²) in [4.78, 5) is 53.2. The molecule has 2 aromatic carbocycles. The number of rotatable bonds is 9. The third-order valence-electron chi connectivity index (χ3n) is 9.67. The van der Waals surface area contributed by atoms with Gasteiger partial charge in [0.25, 0.3) is 0 Å². The molecule has 2 fully saturated rings. The Morgan fingerprint density at radius 2 is 2.04 bits per heavy atom. The Balaban J connectivity index is 1.43. The highest BCUT2D eigenvalue weighted by Gasteiger charge is 2.42. The van der Waals surface area contributed by atoms with Crippen LogP contribution in [0.25, 0.3) is 10.8 Å². The van der Waals surface area contributed by atoms with Crippen molar-refractivity contribution in [3.05, 3.63) is 54.0 Å². The molecule has 1 unspecified atom stereocenters. The van der Waals surface area contributed by atoms with E-state index in [9.17, 15) is 18.8 Å². The zero-order valence-corrected chi connectivity index (χ0v) is 30.1. The van der Waals surface area contributed by atoms with Gasteiger partial charge in [0.1, 0.15) is 30.0 Å². The van der Waals surface area contributed by atoms with Gasteiger partial charge >= 0.3 is 18.3 Å². The number of carbonyl (C=O) groups is 3.